The Labute approximate surface area is 113 Å². The third kappa shape index (κ3) is 3.55. The molecule has 0 amide bonds. The van der Waals surface area contributed by atoms with Gasteiger partial charge in [-0.15, -0.1) is 6.58 Å². The first-order valence-electron chi connectivity index (χ1n) is 6.20. The van der Waals surface area contributed by atoms with Crippen LogP contribution in [0.4, 0.5) is 17.3 Å². The van der Waals surface area contributed by atoms with Gasteiger partial charge in [0, 0.05) is 18.3 Å². The van der Waals surface area contributed by atoms with Crippen LogP contribution in [0.3, 0.4) is 0 Å². The Balaban J connectivity index is 2.16. The van der Waals surface area contributed by atoms with E-state index in [9.17, 15) is 0 Å². The molecule has 0 fully saturated rings. The summed E-state index contributed by atoms with van der Waals surface area (Å²) in [7, 11) is 0. The number of nitrogens with zero attached hydrogens (tertiary/aromatic N) is 2. The molecule has 0 radical (unpaired) electrons. The van der Waals surface area contributed by atoms with Crippen LogP contribution in [0.15, 0.2) is 43.2 Å². The SMILES string of the molecule is C=CCNc1cc(Nc2ccc(C)cc2C)ncn1. The average Bonchev–Trinajstić information content (AvgIpc) is 2.40. The lowest BCUT2D eigenvalue weighted by Gasteiger charge is -2.10. The summed E-state index contributed by atoms with van der Waals surface area (Å²) in [6.07, 6.45) is 3.33. The molecule has 0 saturated carbocycles. The smallest absolute Gasteiger partial charge is 0.135 e. The van der Waals surface area contributed by atoms with E-state index in [0.29, 0.717) is 6.54 Å². The second-order valence-electron chi connectivity index (χ2n) is 4.40. The van der Waals surface area contributed by atoms with Crippen LogP contribution in [0.25, 0.3) is 0 Å². The van der Waals surface area contributed by atoms with Crippen LogP contribution in [-0.4, -0.2) is 16.5 Å². The van der Waals surface area contributed by atoms with Crippen LogP contribution in [0, 0.1) is 13.8 Å². The van der Waals surface area contributed by atoms with Gasteiger partial charge in [0.2, 0.25) is 0 Å². The van der Waals surface area contributed by atoms with Crippen LogP contribution >= 0.6 is 0 Å². The third-order valence-corrected chi connectivity index (χ3v) is 2.74. The first-order chi connectivity index (χ1) is 9.19. The van der Waals surface area contributed by atoms with E-state index in [1.165, 1.54) is 17.5 Å². The van der Waals surface area contributed by atoms with Gasteiger partial charge < -0.3 is 10.6 Å². The molecule has 4 heteroatoms. The molecule has 2 aromatic rings. The van der Waals surface area contributed by atoms with E-state index < -0.39 is 0 Å². The average molecular weight is 254 g/mol. The van der Waals surface area contributed by atoms with Gasteiger partial charge >= 0.3 is 0 Å². The van der Waals surface area contributed by atoms with Crippen molar-refractivity contribution in [3.05, 3.63) is 54.4 Å². The standard InChI is InChI=1S/C15H18N4/c1-4-7-16-14-9-15(18-10-17-14)19-13-6-5-11(2)8-12(13)3/h4-6,8-10H,1,7H2,2-3H3,(H2,16,17,18,19). The molecular weight excluding hydrogens is 236 g/mol. The Hall–Kier alpha value is -2.36. The summed E-state index contributed by atoms with van der Waals surface area (Å²) in [4.78, 5) is 8.36. The number of aromatic nitrogens is 2. The van der Waals surface area contributed by atoms with Gasteiger partial charge in [-0.05, 0) is 25.5 Å². The molecule has 0 aliphatic heterocycles. The van der Waals surface area contributed by atoms with Gasteiger partial charge in [0.05, 0.1) is 0 Å². The summed E-state index contributed by atoms with van der Waals surface area (Å²) in [5.41, 5.74) is 3.50. The van der Waals surface area contributed by atoms with Gasteiger partial charge in [-0.1, -0.05) is 23.8 Å². The molecule has 1 aromatic carbocycles. The minimum absolute atomic E-state index is 0.681. The predicted molar refractivity (Wildman–Crippen MR) is 79.9 cm³/mol. The maximum Gasteiger partial charge on any atom is 0.135 e. The molecule has 0 spiro atoms. The van der Waals surface area contributed by atoms with E-state index in [-0.39, 0.29) is 0 Å². The molecule has 1 heterocycles. The highest BCUT2D eigenvalue weighted by molar-refractivity contribution is 5.62. The lowest BCUT2D eigenvalue weighted by Crippen LogP contribution is -2.02. The van der Waals surface area contributed by atoms with Crippen LogP contribution in [0.2, 0.25) is 0 Å². The van der Waals surface area contributed by atoms with Crippen LogP contribution in [0.1, 0.15) is 11.1 Å². The van der Waals surface area contributed by atoms with Crippen molar-refractivity contribution in [3.63, 3.8) is 0 Å². The molecule has 2 rings (SSSR count). The Morgan fingerprint density at radius 3 is 2.68 bits per heavy atom. The van der Waals surface area contributed by atoms with Crippen LogP contribution in [0.5, 0.6) is 0 Å². The molecule has 19 heavy (non-hydrogen) atoms. The molecule has 1 aromatic heterocycles. The maximum atomic E-state index is 4.22. The fraction of sp³-hybridized carbons (Fsp3) is 0.200. The van der Waals surface area contributed by atoms with Crippen molar-refractivity contribution in [1.29, 1.82) is 0 Å². The maximum absolute atomic E-state index is 4.22. The van der Waals surface area contributed by atoms with E-state index in [4.69, 9.17) is 0 Å². The Bertz CT molecular complexity index is 578. The zero-order valence-electron chi connectivity index (χ0n) is 11.3. The molecule has 98 valence electrons. The minimum Gasteiger partial charge on any atom is -0.366 e. The third-order valence-electron chi connectivity index (χ3n) is 2.74. The molecule has 0 aliphatic carbocycles. The minimum atomic E-state index is 0.681. The van der Waals surface area contributed by atoms with Crippen molar-refractivity contribution >= 4 is 17.3 Å². The number of hydrogen-bond acceptors (Lipinski definition) is 4. The Kier molecular flexibility index (Phi) is 4.13. The molecule has 0 atom stereocenters. The van der Waals surface area contributed by atoms with Gasteiger partial charge in [0.25, 0.3) is 0 Å². The number of anilines is 3. The summed E-state index contributed by atoms with van der Waals surface area (Å²) in [5, 5.41) is 6.43. The number of aryl methyl sites for hydroxylation is 2. The molecular formula is C15H18N4. The van der Waals surface area contributed by atoms with Gasteiger partial charge in [0.15, 0.2) is 0 Å². The summed E-state index contributed by atoms with van der Waals surface area (Å²) in [6.45, 7) is 8.50. The number of hydrogen-bond donors (Lipinski definition) is 2. The first-order valence-corrected chi connectivity index (χ1v) is 6.20. The van der Waals surface area contributed by atoms with Crippen molar-refractivity contribution in [1.82, 2.24) is 9.97 Å². The molecule has 0 bridgehead atoms. The van der Waals surface area contributed by atoms with Crippen molar-refractivity contribution in [2.24, 2.45) is 0 Å². The Morgan fingerprint density at radius 2 is 1.95 bits per heavy atom. The van der Waals surface area contributed by atoms with Crippen LogP contribution < -0.4 is 10.6 Å². The van der Waals surface area contributed by atoms with Crippen molar-refractivity contribution < 1.29 is 0 Å². The normalized spacial score (nSPS) is 10.0. The molecule has 2 N–H and O–H groups in total. The number of rotatable bonds is 5. The van der Waals surface area contributed by atoms with E-state index in [0.717, 1.165) is 17.3 Å². The zero-order chi connectivity index (χ0) is 13.7. The van der Waals surface area contributed by atoms with E-state index in [1.54, 1.807) is 6.08 Å². The second-order valence-corrected chi connectivity index (χ2v) is 4.40. The molecule has 0 aliphatic rings. The van der Waals surface area contributed by atoms with Crippen molar-refractivity contribution in [3.8, 4) is 0 Å². The first kappa shape index (κ1) is 13.1. The van der Waals surface area contributed by atoms with Crippen molar-refractivity contribution in [2.45, 2.75) is 13.8 Å². The molecule has 0 saturated heterocycles. The lowest BCUT2D eigenvalue weighted by atomic mass is 10.1. The van der Waals surface area contributed by atoms with Gasteiger partial charge in [-0.3, -0.25) is 0 Å². The molecule has 0 unspecified atom stereocenters. The van der Waals surface area contributed by atoms with E-state index in [2.05, 4.69) is 59.2 Å². The topological polar surface area (TPSA) is 49.8 Å². The lowest BCUT2D eigenvalue weighted by molar-refractivity contribution is 1.14. The zero-order valence-corrected chi connectivity index (χ0v) is 11.3. The summed E-state index contributed by atoms with van der Waals surface area (Å²) in [6, 6.07) is 8.15. The quantitative estimate of drug-likeness (QED) is 0.802. The second kappa shape index (κ2) is 6.00. The monoisotopic (exact) mass is 254 g/mol. The highest BCUT2D eigenvalue weighted by Gasteiger charge is 2.01. The van der Waals surface area contributed by atoms with E-state index >= 15 is 0 Å². The van der Waals surface area contributed by atoms with E-state index in [1.807, 2.05) is 6.07 Å². The number of benzene rings is 1. The summed E-state index contributed by atoms with van der Waals surface area (Å²) < 4.78 is 0. The Morgan fingerprint density at radius 1 is 1.16 bits per heavy atom. The number of nitrogens with one attached hydrogen (secondary N) is 2. The van der Waals surface area contributed by atoms with Gasteiger partial charge in [-0.2, -0.15) is 0 Å². The van der Waals surface area contributed by atoms with Crippen LogP contribution in [-0.2, 0) is 0 Å². The van der Waals surface area contributed by atoms with Crippen molar-refractivity contribution in [2.75, 3.05) is 17.2 Å². The summed E-state index contributed by atoms with van der Waals surface area (Å²) >= 11 is 0. The summed E-state index contributed by atoms with van der Waals surface area (Å²) in [5.74, 6) is 1.55. The van der Waals surface area contributed by atoms with Gasteiger partial charge in [-0.25, -0.2) is 9.97 Å². The molecule has 4 nitrogen and oxygen atoms in total. The largest absolute Gasteiger partial charge is 0.366 e. The van der Waals surface area contributed by atoms with Gasteiger partial charge in [0.1, 0.15) is 18.0 Å². The highest BCUT2D eigenvalue weighted by Crippen LogP contribution is 2.20. The highest BCUT2D eigenvalue weighted by atomic mass is 15.1. The fourth-order valence-electron chi connectivity index (χ4n) is 1.79. The predicted octanol–water partition coefficient (Wildman–Crippen LogP) is 3.43. The fourth-order valence-corrected chi connectivity index (χ4v) is 1.79.